The van der Waals surface area contributed by atoms with Crippen LogP contribution in [0, 0.1) is 5.92 Å². The topological polar surface area (TPSA) is 41.6 Å². The Bertz CT molecular complexity index is 197. The number of carbonyl (C=O) groups excluding carboxylic acids is 1. The highest BCUT2D eigenvalue weighted by Crippen LogP contribution is 2.13. The Morgan fingerprint density at radius 2 is 2.40 bits per heavy atom. The lowest BCUT2D eigenvalue weighted by molar-refractivity contribution is 0.137. The standard InChI is InChI=1S/C11H22N2O2/c1-3-4-7-15-11(14)12-9-13-6-5-10(2)8-13/h10H,3-9H2,1-2H3,(H,12,14). The van der Waals surface area contributed by atoms with Crippen molar-refractivity contribution in [2.45, 2.75) is 33.1 Å². The molecule has 4 nitrogen and oxygen atoms in total. The molecule has 0 aromatic carbocycles. The highest BCUT2D eigenvalue weighted by molar-refractivity contribution is 5.66. The molecular weight excluding hydrogens is 192 g/mol. The van der Waals surface area contributed by atoms with Crippen molar-refractivity contribution in [2.24, 2.45) is 5.92 Å². The summed E-state index contributed by atoms with van der Waals surface area (Å²) in [6.07, 6.45) is 2.93. The summed E-state index contributed by atoms with van der Waals surface area (Å²) in [5.41, 5.74) is 0. The molecule has 1 N–H and O–H groups in total. The number of hydrogen-bond acceptors (Lipinski definition) is 3. The molecule has 1 fully saturated rings. The number of nitrogens with one attached hydrogen (secondary N) is 1. The van der Waals surface area contributed by atoms with E-state index in [1.165, 1.54) is 6.42 Å². The van der Waals surface area contributed by atoms with Crippen molar-refractivity contribution in [1.82, 2.24) is 10.2 Å². The first-order valence-corrected chi connectivity index (χ1v) is 5.85. The molecule has 1 rings (SSSR count). The fourth-order valence-electron chi connectivity index (χ4n) is 1.71. The lowest BCUT2D eigenvalue weighted by atomic mass is 10.2. The van der Waals surface area contributed by atoms with E-state index in [1.54, 1.807) is 0 Å². The van der Waals surface area contributed by atoms with E-state index < -0.39 is 0 Å². The minimum atomic E-state index is -0.289. The van der Waals surface area contributed by atoms with Crippen LogP contribution >= 0.6 is 0 Å². The number of unbranched alkanes of at least 4 members (excludes halogenated alkanes) is 1. The smallest absolute Gasteiger partial charge is 0.408 e. The van der Waals surface area contributed by atoms with Gasteiger partial charge in [-0.3, -0.25) is 4.90 Å². The second-order valence-electron chi connectivity index (χ2n) is 4.30. The zero-order chi connectivity index (χ0) is 11.1. The van der Waals surface area contributed by atoms with Crippen LogP contribution in [0.15, 0.2) is 0 Å². The van der Waals surface area contributed by atoms with Gasteiger partial charge in [0.2, 0.25) is 0 Å². The number of alkyl carbamates (subject to hydrolysis) is 1. The van der Waals surface area contributed by atoms with Crippen LogP contribution in [0.5, 0.6) is 0 Å². The third-order valence-corrected chi connectivity index (χ3v) is 2.69. The Morgan fingerprint density at radius 1 is 1.60 bits per heavy atom. The fourth-order valence-corrected chi connectivity index (χ4v) is 1.71. The van der Waals surface area contributed by atoms with Gasteiger partial charge in [0.05, 0.1) is 13.3 Å². The molecule has 88 valence electrons. The summed E-state index contributed by atoms with van der Waals surface area (Å²) >= 11 is 0. The van der Waals surface area contributed by atoms with Crippen LogP contribution in [-0.4, -0.2) is 37.4 Å². The molecule has 1 unspecified atom stereocenters. The molecule has 1 atom stereocenters. The van der Waals surface area contributed by atoms with Crippen LogP contribution in [0.25, 0.3) is 0 Å². The maximum Gasteiger partial charge on any atom is 0.408 e. The molecule has 0 spiro atoms. The first kappa shape index (κ1) is 12.3. The van der Waals surface area contributed by atoms with Gasteiger partial charge in [-0.2, -0.15) is 0 Å². The molecule has 0 aromatic rings. The van der Waals surface area contributed by atoms with Crippen LogP contribution < -0.4 is 5.32 Å². The van der Waals surface area contributed by atoms with Gasteiger partial charge in [-0.15, -0.1) is 0 Å². The molecule has 0 saturated carbocycles. The molecule has 0 bridgehead atoms. The summed E-state index contributed by atoms with van der Waals surface area (Å²) in [6, 6.07) is 0. The molecule has 0 radical (unpaired) electrons. The first-order valence-electron chi connectivity index (χ1n) is 5.85. The van der Waals surface area contributed by atoms with E-state index in [9.17, 15) is 4.79 Å². The zero-order valence-electron chi connectivity index (χ0n) is 9.79. The summed E-state index contributed by atoms with van der Waals surface area (Å²) < 4.78 is 4.99. The van der Waals surface area contributed by atoms with Gasteiger partial charge in [-0.25, -0.2) is 4.79 Å². The summed E-state index contributed by atoms with van der Waals surface area (Å²) in [6.45, 7) is 7.62. The predicted molar refractivity (Wildman–Crippen MR) is 59.6 cm³/mol. The van der Waals surface area contributed by atoms with Crippen LogP contribution in [0.2, 0.25) is 0 Å². The van der Waals surface area contributed by atoms with Crippen LogP contribution in [0.1, 0.15) is 33.1 Å². The second-order valence-corrected chi connectivity index (χ2v) is 4.30. The predicted octanol–water partition coefficient (Wildman–Crippen LogP) is 1.81. The monoisotopic (exact) mass is 214 g/mol. The molecule has 0 aliphatic carbocycles. The van der Waals surface area contributed by atoms with Gasteiger partial charge in [-0.05, 0) is 18.8 Å². The second kappa shape index (κ2) is 6.67. The third-order valence-electron chi connectivity index (χ3n) is 2.69. The Labute approximate surface area is 92.0 Å². The first-order chi connectivity index (χ1) is 7.22. The number of amides is 1. The van der Waals surface area contributed by atoms with Gasteiger partial charge >= 0.3 is 6.09 Å². The number of ether oxygens (including phenoxy) is 1. The lowest BCUT2D eigenvalue weighted by Gasteiger charge is -2.15. The Hall–Kier alpha value is -0.770. The van der Waals surface area contributed by atoms with Crippen molar-refractivity contribution >= 4 is 6.09 Å². The van der Waals surface area contributed by atoms with Gasteiger partial charge in [0.25, 0.3) is 0 Å². The average Bonchev–Trinajstić information content (AvgIpc) is 2.62. The molecule has 1 aliphatic rings. The number of nitrogens with zero attached hydrogens (tertiary/aromatic N) is 1. The van der Waals surface area contributed by atoms with Crippen LogP contribution in [0.4, 0.5) is 4.79 Å². The largest absolute Gasteiger partial charge is 0.450 e. The van der Waals surface area contributed by atoms with Gasteiger partial charge < -0.3 is 10.1 Å². The maximum atomic E-state index is 11.2. The van der Waals surface area contributed by atoms with E-state index in [1.807, 2.05) is 0 Å². The van der Waals surface area contributed by atoms with E-state index in [2.05, 4.69) is 24.1 Å². The lowest BCUT2D eigenvalue weighted by Crippen LogP contribution is -2.36. The van der Waals surface area contributed by atoms with Crippen molar-refractivity contribution in [2.75, 3.05) is 26.4 Å². The number of hydrogen-bond donors (Lipinski definition) is 1. The summed E-state index contributed by atoms with van der Waals surface area (Å²) in [5.74, 6) is 0.753. The van der Waals surface area contributed by atoms with Crippen molar-refractivity contribution in [3.05, 3.63) is 0 Å². The number of likely N-dealkylation sites (tertiary alicyclic amines) is 1. The molecule has 15 heavy (non-hydrogen) atoms. The van der Waals surface area contributed by atoms with Gasteiger partial charge in [0.1, 0.15) is 0 Å². The highest BCUT2D eigenvalue weighted by Gasteiger charge is 2.18. The van der Waals surface area contributed by atoms with Gasteiger partial charge in [0, 0.05) is 13.1 Å². The van der Waals surface area contributed by atoms with E-state index in [0.717, 1.165) is 31.8 Å². The number of carbonyl (C=O) groups is 1. The maximum absolute atomic E-state index is 11.2. The Morgan fingerprint density at radius 3 is 3.00 bits per heavy atom. The van der Waals surface area contributed by atoms with Crippen LogP contribution in [0.3, 0.4) is 0 Å². The Balaban J connectivity index is 2.01. The quantitative estimate of drug-likeness (QED) is 0.710. The van der Waals surface area contributed by atoms with Crippen molar-refractivity contribution in [3.8, 4) is 0 Å². The van der Waals surface area contributed by atoms with Gasteiger partial charge in [0.15, 0.2) is 0 Å². The van der Waals surface area contributed by atoms with Crippen molar-refractivity contribution in [3.63, 3.8) is 0 Å². The van der Waals surface area contributed by atoms with Crippen molar-refractivity contribution < 1.29 is 9.53 Å². The molecular formula is C11H22N2O2. The molecule has 0 aromatic heterocycles. The third kappa shape index (κ3) is 5.02. The summed E-state index contributed by atoms with van der Waals surface area (Å²) in [4.78, 5) is 13.4. The molecule has 4 heteroatoms. The molecule has 1 amide bonds. The number of rotatable bonds is 5. The zero-order valence-corrected chi connectivity index (χ0v) is 9.79. The normalized spacial score (nSPS) is 21.6. The van der Waals surface area contributed by atoms with E-state index in [4.69, 9.17) is 4.74 Å². The molecule has 1 saturated heterocycles. The molecule has 1 heterocycles. The summed E-state index contributed by atoms with van der Waals surface area (Å²) in [7, 11) is 0. The molecule has 1 aliphatic heterocycles. The van der Waals surface area contributed by atoms with Crippen LogP contribution in [-0.2, 0) is 4.74 Å². The average molecular weight is 214 g/mol. The SMILES string of the molecule is CCCCOC(=O)NCN1CCC(C)C1. The van der Waals surface area contributed by atoms with E-state index in [-0.39, 0.29) is 6.09 Å². The van der Waals surface area contributed by atoms with E-state index in [0.29, 0.717) is 13.3 Å². The van der Waals surface area contributed by atoms with Gasteiger partial charge in [-0.1, -0.05) is 20.3 Å². The highest BCUT2D eigenvalue weighted by atomic mass is 16.5. The van der Waals surface area contributed by atoms with E-state index >= 15 is 0 Å². The fraction of sp³-hybridized carbons (Fsp3) is 0.909. The van der Waals surface area contributed by atoms with Crippen molar-refractivity contribution in [1.29, 1.82) is 0 Å². The Kier molecular flexibility index (Phi) is 5.47. The summed E-state index contributed by atoms with van der Waals surface area (Å²) in [5, 5.41) is 2.77. The minimum absolute atomic E-state index is 0.289. The minimum Gasteiger partial charge on any atom is -0.450 e.